The highest BCUT2D eigenvalue weighted by Crippen LogP contribution is 2.52. The first kappa shape index (κ1) is 51.3. The minimum atomic E-state index is -2.42. The molecule has 0 aromatic heterocycles. The van der Waals surface area contributed by atoms with Crippen molar-refractivity contribution in [2.75, 3.05) is 39.9 Å². The van der Waals surface area contributed by atoms with Crippen LogP contribution in [0.15, 0.2) is 48.5 Å². The van der Waals surface area contributed by atoms with Gasteiger partial charge in [0.15, 0.2) is 24.0 Å². The summed E-state index contributed by atoms with van der Waals surface area (Å²) in [5, 5.41) is 67.1. The van der Waals surface area contributed by atoms with Crippen molar-refractivity contribution in [2.45, 2.75) is 107 Å². The molecular weight excluding hydrogens is 945 g/mol. The zero-order valence-corrected chi connectivity index (χ0v) is 39.5. The van der Waals surface area contributed by atoms with Gasteiger partial charge in [0.1, 0.15) is 54.3 Å². The van der Waals surface area contributed by atoms with Crippen LogP contribution in [0.2, 0.25) is 0 Å². The Kier molecular flexibility index (Phi) is 15.0. The summed E-state index contributed by atoms with van der Waals surface area (Å²) in [4.78, 5) is 110. The molecule has 384 valence electrons. The fourth-order valence-corrected chi connectivity index (χ4v) is 10.0. The highest BCUT2D eigenvalue weighted by Gasteiger charge is 2.51. The number of hydrogen-bond acceptors (Lipinski definition) is 18. The van der Waals surface area contributed by atoms with Crippen LogP contribution in [-0.4, -0.2) is 171 Å². The Morgan fingerprint density at radius 3 is 2.40 bits per heavy atom. The van der Waals surface area contributed by atoms with Crippen molar-refractivity contribution < 1.29 is 82.8 Å². The number of nitrogens with one attached hydrogen (secondary N) is 4. The third-order valence-electron chi connectivity index (χ3n) is 13.8. The van der Waals surface area contributed by atoms with Crippen LogP contribution < -0.4 is 26.0 Å². The Balaban J connectivity index is 0.910. The summed E-state index contributed by atoms with van der Waals surface area (Å²) < 4.78 is 23.0. The molecule has 3 fully saturated rings. The number of Topliss-reactive ketones (excluding diaryl/α,β-unsaturated/α-hetero) is 1. The van der Waals surface area contributed by atoms with E-state index in [2.05, 4.69) is 21.3 Å². The summed E-state index contributed by atoms with van der Waals surface area (Å²) in [7, 11) is 1.28. The molecular formula is C49H56N6O17. The number of methoxy groups -OCH3 is 1. The van der Waals surface area contributed by atoms with Gasteiger partial charge in [-0.3, -0.25) is 43.8 Å². The fourth-order valence-electron chi connectivity index (χ4n) is 10.0. The Bertz CT molecular complexity index is 2680. The average molecular weight is 1000 g/mol. The zero-order valence-electron chi connectivity index (χ0n) is 39.5. The van der Waals surface area contributed by atoms with Gasteiger partial charge in [-0.05, 0) is 38.3 Å². The van der Waals surface area contributed by atoms with E-state index in [4.69, 9.17) is 18.9 Å². The van der Waals surface area contributed by atoms with Crippen molar-refractivity contribution in [2.24, 2.45) is 0 Å². The number of aromatic hydroxyl groups is 2. The maximum absolute atomic E-state index is 14.1. The quantitative estimate of drug-likeness (QED) is 0.0708. The number of ketones is 3. The first-order valence-corrected chi connectivity index (χ1v) is 23.5. The maximum atomic E-state index is 14.1. The smallest absolute Gasteiger partial charge is 0.411 e. The lowest BCUT2D eigenvalue weighted by atomic mass is 9.72. The number of aliphatic hydroxyl groups is 3. The van der Waals surface area contributed by atoms with Gasteiger partial charge in [0.2, 0.25) is 23.5 Å². The van der Waals surface area contributed by atoms with Crippen LogP contribution in [0.1, 0.15) is 94.2 Å². The number of likely N-dealkylation sites (tertiary alicyclic amines) is 1. The Morgan fingerprint density at radius 1 is 0.944 bits per heavy atom. The number of nitrogens with zero attached hydrogens (tertiary/aromatic N) is 2. The molecule has 0 bridgehead atoms. The van der Waals surface area contributed by atoms with Gasteiger partial charge in [0.25, 0.3) is 5.91 Å². The van der Waals surface area contributed by atoms with E-state index in [1.165, 1.54) is 49.0 Å². The molecule has 1 unspecified atom stereocenters. The largest absolute Gasteiger partial charge is 0.507 e. The molecule has 9 atom stereocenters. The molecule has 23 nitrogen and oxygen atoms in total. The molecule has 0 spiro atoms. The number of carbonyl (C=O) groups excluding carboxylic acids is 8. The monoisotopic (exact) mass is 1000 g/mol. The van der Waals surface area contributed by atoms with E-state index in [1.807, 2.05) is 6.07 Å². The van der Waals surface area contributed by atoms with Crippen molar-refractivity contribution in [3.63, 3.8) is 0 Å². The summed E-state index contributed by atoms with van der Waals surface area (Å²) in [6.07, 6.45) is -8.10. The minimum absolute atomic E-state index is 0.00291. The average Bonchev–Trinajstić information content (AvgIpc) is 4.08. The van der Waals surface area contributed by atoms with Gasteiger partial charge in [-0.15, -0.1) is 0 Å². The van der Waals surface area contributed by atoms with Crippen molar-refractivity contribution >= 4 is 47.1 Å². The second kappa shape index (κ2) is 21.0. The molecule has 0 radical (unpaired) electrons. The lowest BCUT2D eigenvalue weighted by molar-refractivity contribution is -0.249. The summed E-state index contributed by atoms with van der Waals surface area (Å²) in [6.45, 7) is 1.86. The lowest BCUT2D eigenvalue weighted by Crippen LogP contribution is -2.59. The third-order valence-corrected chi connectivity index (χ3v) is 13.8. The number of hydrogen-bond donors (Lipinski definition) is 9. The first-order chi connectivity index (χ1) is 34.4. The van der Waals surface area contributed by atoms with Crippen LogP contribution >= 0.6 is 0 Å². The van der Waals surface area contributed by atoms with Crippen molar-refractivity contribution in [3.8, 4) is 17.2 Å². The normalized spacial score (nSPS) is 25.9. The first-order valence-electron chi connectivity index (χ1n) is 23.5. The molecule has 2 aliphatic carbocycles. The second-order valence-electron chi connectivity index (χ2n) is 18.4. The van der Waals surface area contributed by atoms with Crippen LogP contribution in [0, 0.1) is 0 Å². The second-order valence-corrected chi connectivity index (χ2v) is 18.4. The standard InChI is InChI=1S/C49H56N6O17/c1-23(52-47(66)44-50-14-16-55(44)48(67)70-22-25-9-5-4-6-10-25)45(64)51-20-33(58)54-15-8-12-29(54)46(65)53-28-17-34(71-24(2)39(28)59)72-31-19-49(68,32(57)21-56)18-27-36(31)43(63)38-37(41(27)61)40(60)26-11-7-13-30(69-3)35(26)42(38)62/h4-7,9-11,13,23-24,28-29,31,34,39,44,50,56,59,61,63,68H,8,12,14-22H2,1-3H3,(H,51,64)(H,52,66)(H,53,65)/t23-,24-,28-,29-,31-,34-,39+,44?,49-/m0/s1. The van der Waals surface area contributed by atoms with Gasteiger partial charge < -0.3 is 65.3 Å². The number of phenolic OH excluding ortho intramolecular Hbond substituents is 2. The topological polar surface area (TPSA) is 329 Å². The molecule has 3 aliphatic heterocycles. The Labute approximate surface area is 411 Å². The molecule has 3 saturated heterocycles. The third kappa shape index (κ3) is 9.82. The lowest BCUT2D eigenvalue weighted by Gasteiger charge is -2.43. The van der Waals surface area contributed by atoms with Crippen LogP contribution in [0.3, 0.4) is 0 Å². The van der Waals surface area contributed by atoms with E-state index in [-0.39, 0.29) is 60.5 Å². The summed E-state index contributed by atoms with van der Waals surface area (Å²) in [5.74, 6) is -7.00. The molecule has 5 aliphatic rings. The zero-order chi connectivity index (χ0) is 51.8. The Hall–Kier alpha value is -7.02. The number of rotatable bonds is 14. The van der Waals surface area contributed by atoms with Crippen molar-refractivity contribution in [3.05, 3.63) is 87.5 Å². The van der Waals surface area contributed by atoms with Crippen LogP contribution in [0.25, 0.3) is 0 Å². The molecule has 3 heterocycles. The molecule has 23 heteroatoms. The number of fused-ring (bicyclic) bond motifs is 3. The number of amides is 5. The van der Waals surface area contributed by atoms with Crippen LogP contribution in [0.5, 0.6) is 17.2 Å². The molecule has 3 aromatic rings. The van der Waals surface area contributed by atoms with E-state index >= 15 is 0 Å². The van der Waals surface area contributed by atoms with Crippen LogP contribution in [0.4, 0.5) is 4.79 Å². The van der Waals surface area contributed by atoms with Crippen molar-refractivity contribution in [1.82, 2.24) is 31.1 Å². The van der Waals surface area contributed by atoms with E-state index in [9.17, 15) is 63.9 Å². The molecule has 5 amide bonds. The van der Waals surface area contributed by atoms with Gasteiger partial charge in [-0.25, -0.2) is 4.79 Å². The minimum Gasteiger partial charge on any atom is -0.507 e. The van der Waals surface area contributed by atoms with E-state index < -0.39 is 150 Å². The highest BCUT2D eigenvalue weighted by molar-refractivity contribution is 6.31. The van der Waals surface area contributed by atoms with Gasteiger partial charge in [-0.2, -0.15) is 0 Å². The van der Waals surface area contributed by atoms with E-state index in [1.54, 1.807) is 24.3 Å². The number of ether oxygens (including phenoxy) is 4. The molecule has 3 aromatic carbocycles. The highest BCUT2D eigenvalue weighted by atomic mass is 16.7. The fraction of sp³-hybridized carbons (Fsp3) is 0.469. The molecule has 0 saturated carbocycles. The summed E-state index contributed by atoms with van der Waals surface area (Å²) >= 11 is 0. The predicted octanol–water partition coefficient (Wildman–Crippen LogP) is -0.661. The maximum Gasteiger partial charge on any atom is 0.411 e. The van der Waals surface area contributed by atoms with Crippen molar-refractivity contribution in [1.29, 1.82) is 0 Å². The van der Waals surface area contributed by atoms with Gasteiger partial charge in [0, 0.05) is 55.6 Å². The summed E-state index contributed by atoms with van der Waals surface area (Å²) in [5.41, 5.74) is -3.65. The SMILES string of the molecule is COc1cccc2c1C(=O)c1c(O)c3c(c(O)c1C2=O)C[C@@](O)(C(=O)CO)C[C@@H]3O[C@H]1C[C@H](NC(=O)[C@@H]2CCCN2C(=O)CNC(=O)[C@H](C)NC(=O)C2NCCN2C(=O)OCc2ccccc2)[C@H](O)[C@H](C)O1. The van der Waals surface area contributed by atoms with Gasteiger partial charge >= 0.3 is 6.09 Å². The van der Waals surface area contributed by atoms with Crippen LogP contribution in [-0.2, 0) is 51.2 Å². The van der Waals surface area contributed by atoms with Gasteiger partial charge in [-0.1, -0.05) is 42.5 Å². The number of aliphatic hydroxyl groups excluding tert-OH is 2. The molecule has 72 heavy (non-hydrogen) atoms. The number of carbonyl (C=O) groups is 8. The molecule has 9 N–H and O–H groups in total. The van der Waals surface area contributed by atoms with E-state index in [0.29, 0.717) is 13.0 Å². The van der Waals surface area contributed by atoms with E-state index in [0.717, 1.165) is 5.56 Å². The number of phenols is 2. The summed E-state index contributed by atoms with van der Waals surface area (Å²) in [6, 6.07) is 9.97. The Morgan fingerprint density at radius 2 is 1.68 bits per heavy atom. The van der Waals surface area contributed by atoms with Gasteiger partial charge in [0.05, 0.1) is 48.6 Å². The molecule has 8 rings (SSSR count). The number of benzene rings is 3. The predicted molar refractivity (Wildman–Crippen MR) is 246 cm³/mol.